The van der Waals surface area contributed by atoms with Crippen molar-refractivity contribution in [3.05, 3.63) is 54.7 Å². The molecule has 0 amide bonds. The molecule has 0 radical (unpaired) electrons. The number of hydrogen-bond acceptors (Lipinski definition) is 3. The summed E-state index contributed by atoms with van der Waals surface area (Å²) in [5.74, 6) is -0.520. The van der Waals surface area contributed by atoms with E-state index < -0.39 is 5.95 Å². The minimum absolute atomic E-state index is 0.390. The maximum atomic E-state index is 13.7. The third-order valence-corrected chi connectivity index (χ3v) is 3.25. The zero-order chi connectivity index (χ0) is 13.5. The molecule has 0 aliphatic heterocycles. The van der Waals surface area contributed by atoms with E-state index in [1.165, 1.54) is 6.20 Å². The van der Waals surface area contributed by atoms with E-state index >= 15 is 0 Å². The van der Waals surface area contributed by atoms with Gasteiger partial charge in [-0.2, -0.15) is 4.39 Å². The molecule has 5 heteroatoms. The minimum Gasteiger partial charge on any atom is -0.338 e. The fraction of sp³-hybridized carbons (Fsp3) is 0. The van der Waals surface area contributed by atoms with Gasteiger partial charge in [-0.1, -0.05) is 0 Å². The molecule has 0 aromatic carbocycles. The van der Waals surface area contributed by atoms with Gasteiger partial charge in [-0.3, -0.25) is 4.98 Å². The molecule has 0 aliphatic carbocycles. The van der Waals surface area contributed by atoms with Crippen molar-refractivity contribution < 1.29 is 4.39 Å². The van der Waals surface area contributed by atoms with Gasteiger partial charge >= 0.3 is 0 Å². The van der Waals surface area contributed by atoms with Crippen LogP contribution in [0.2, 0.25) is 0 Å². The minimum atomic E-state index is -0.520. The molecule has 20 heavy (non-hydrogen) atoms. The summed E-state index contributed by atoms with van der Waals surface area (Å²) in [6.45, 7) is 0. The van der Waals surface area contributed by atoms with E-state index in [4.69, 9.17) is 0 Å². The SMILES string of the molecule is Fc1ncccc1-c1ccc2c(n1)[nH]c1cccnc12. The number of hydrogen-bond donors (Lipinski definition) is 1. The number of aromatic nitrogens is 4. The standard InChI is InChI=1S/C15H9FN4/c16-14-9(3-1-8-18-14)11-6-5-10-13-12(4-2-7-17-13)20-15(10)19-11/h1-8H,(H,19,20). The number of halogens is 1. The molecule has 0 saturated heterocycles. The molecule has 0 atom stereocenters. The molecule has 0 spiro atoms. The van der Waals surface area contributed by atoms with Crippen LogP contribution in [0.5, 0.6) is 0 Å². The van der Waals surface area contributed by atoms with Crippen molar-refractivity contribution in [3.63, 3.8) is 0 Å². The summed E-state index contributed by atoms with van der Waals surface area (Å²) in [6, 6.07) is 10.8. The number of aromatic amines is 1. The lowest BCUT2D eigenvalue weighted by atomic mass is 10.1. The second-order valence-corrected chi connectivity index (χ2v) is 4.46. The molecule has 4 nitrogen and oxygen atoms in total. The largest absolute Gasteiger partial charge is 0.338 e. The Morgan fingerprint density at radius 2 is 1.80 bits per heavy atom. The molecule has 1 N–H and O–H groups in total. The van der Waals surface area contributed by atoms with Crippen molar-refractivity contribution >= 4 is 22.1 Å². The molecule has 96 valence electrons. The third-order valence-electron chi connectivity index (χ3n) is 3.25. The van der Waals surface area contributed by atoms with E-state index in [2.05, 4.69) is 19.9 Å². The number of nitrogens with zero attached hydrogens (tertiary/aromatic N) is 3. The van der Waals surface area contributed by atoms with E-state index in [9.17, 15) is 4.39 Å². The Morgan fingerprint density at radius 1 is 0.950 bits per heavy atom. The van der Waals surface area contributed by atoms with Crippen LogP contribution in [0, 0.1) is 5.95 Å². The van der Waals surface area contributed by atoms with Crippen molar-refractivity contribution in [2.75, 3.05) is 0 Å². The van der Waals surface area contributed by atoms with E-state index in [0.717, 1.165) is 16.4 Å². The van der Waals surface area contributed by atoms with Crippen molar-refractivity contribution in [1.29, 1.82) is 0 Å². The number of rotatable bonds is 1. The van der Waals surface area contributed by atoms with Gasteiger partial charge in [-0.25, -0.2) is 9.97 Å². The van der Waals surface area contributed by atoms with Crippen LogP contribution in [0.15, 0.2) is 48.8 Å². The highest BCUT2D eigenvalue weighted by Crippen LogP contribution is 2.26. The molecular formula is C15H9FN4. The van der Waals surface area contributed by atoms with Crippen molar-refractivity contribution in [1.82, 2.24) is 19.9 Å². The highest BCUT2D eigenvalue weighted by Gasteiger charge is 2.10. The lowest BCUT2D eigenvalue weighted by Gasteiger charge is -2.01. The fourth-order valence-corrected chi connectivity index (χ4v) is 2.32. The van der Waals surface area contributed by atoms with Gasteiger partial charge in [0.15, 0.2) is 0 Å². The Morgan fingerprint density at radius 3 is 2.70 bits per heavy atom. The van der Waals surface area contributed by atoms with Crippen molar-refractivity contribution in [2.45, 2.75) is 0 Å². The summed E-state index contributed by atoms with van der Waals surface area (Å²) >= 11 is 0. The molecule has 4 rings (SSSR count). The Bertz CT molecular complexity index is 929. The molecule has 4 aromatic heterocycles. The van der Waals surface area contributed by atoms with Crippen LogP contribution in [0.25, 0.3) is 33.3 Å². The molecule has 0 bridgehead atoms. The maximum absolute atomic E-state index is 13.7. The molecule has 0 aliphatic rings. The lowest BCUT2D eigenvalue weighted by molar-refractivity contribution is 0.587. The summed E-state index contributed by atoms with van der Waals surface area (Å²) in [5.41, 5.74) is 3.42. The van der Waals surface area contributed by atoms with Crippen LogP contribution in [0.1, 0.15) is 0 Å². The molecule has 4 heterocycles. The van der Waals surface area contributed by atoms with Crippen LogP contribution < -0.4 is 0 Å². The smallest absolute Gasteiger partial charge is 0.222 e. The Kier molecular flexibility index (Phi) is 2.26. The van der Waals surface area contributed by atoms with Crippen LogP contribution in [-0.2, 0) is 0 Å². The average molecular weight is 264 g/mol. The van der Waals surface area contributed by atoms with Crippen molar-refractivity contribution in [3.8, 4) is 11.3 Å². The first kappa shape index (κ1) is 11.0. The Labute approximate surface area is 113 Å². The van der Waals surface area contributed by atoms with Gasteiger partial charge in [0.2, 0.25) is 5.95 Å². The quantitative estimate of drug-likeness (QED) is 0.536. The predicted molar refractivity (Wildman–Crippen MR) is 74.6 cm³/mol. The average Bonchev–Trinajstić information content (AvgIpc) is 2.85. The fourth-order valence-electron chi connectivity index (χ4n) is 2.32. The van der Waals surface area contributed by atoms with Crippen LogP contribution in [0.4, 0.5) is 4.39 Å². The molecule has 0 fully saturated rings. The number of nitrogens with one attached hydrogen (secondary N) is 1. The van der Waals surface area contributed by atoms with E-state index in [1.54, 1.807) is 24.4 Å². The van der Waals surface area contributed by atoms with Crippen molar-refractivity contribution in [2.24, 2.45) is 0 Å². The van der Waals surface area contributed by atoms with Crippen LogP contribution >= 0.6 is 0 Å². The number of fused-ring (bicyclic) bond motifs is 3. The summed E-state index contributed by atoms with van der Waals surface area (Å²) in [6.07, 6.45) is 3.16. The summed E-state index contributed by atoms with van der Waals surface area (Å²) < 4.78 is 13.7. The monoisotopic (exact) mass is 264 g/mol. The lowest BCUT2D eigenvalue weighted by Crippen LogP contribution is -1.90. The van der Waals surface area contributed by atoms with Gasteiger partial charge in [0.25, 0.3) is 0 Å². The van der Waals surface area contributed by atoms with Gasteiger partial charge in [0, 0.05) is 17.8 Å². The molecule has 4 aromatic rings. The molecule has 0 unspecified atom stereocenters. The second-order valence-electron chi connectivity index (χ2n) is 4.46. The van der Waals surface area contributed by atoms with Gasteiger partial charge < -0.3 is 4.98 Å². The number of pyridine rings is 3. The normalized spacial score (nSPS) is 11.2. The highest BCUT2D eigenvalue weighted by molar-refractivity contribution is 6.03. The zero-order valence-electron chi connectivity index (χ0n) is 10.3. The van der Waals surface area contributed by atoms with E-state index in [-0.39, 0.29) is 0 Å². The first-order chi connectivity index (χ1) is 9.83. The first-order valence-electron chi connectivity index (χ1n) is 6.17. The number of H-pyrrole nitrogens is 1. The van der Waals surface area contributed by atoms with E-state index in [0.29, 0.717) is 16.9 Å². The Balaban J connectivity index is 2.00. The second kappa shape index (κ2) is 4.09. The Hall–Kier alpha value is -2.82. The van der Waals surface area contributed by atoms with Gasteiger partial charge in [0.1, 0.15) is 5.65 Å². The summed E-state index contributed by atoms with van der Waals surface area (Å²) in [4.78, 5) is 15.6. The summed E-state index contributed by atoms with van der Waals surface area (Å²) in [5, 5.41) is 0.925. The zero-order valence-corrected chi connectivity index (χ0v) is 10.3. The summed E-state index contributed by atoms with van der Waals surface area (Å²) in [7, 11) is 0. The van der Waals surface area contributed by atoms with Crippen LogP contribution in [0.3, 0.4) is 0 Å². The molecular weight excluding hydrogens is 255 g/mol. The van der Waals surface area contributed by atoms with Crippen LogP contribution in [-0.4, -0.2) is 19.9 Å². The van der Waals surface area contributed by atoms with E-state index in [1.807, 2.05) is 18.2 Å². The maximum Gasteiger partial charge on any atom is 0.222 e. The topological polar surface area (TPSA) is 54.5 Å². The predicted octanol–water partition coefficient (Wildman–Crippen LogP) is 3.31. The first-order valence-corrected chi connectivity index (χ1v) is 6.17. The third kappa shape index (κ3) is 1.56. The molecule has 0 saturated carbocycles. The van der Waals surface area contributed by atoms with Gasteiger partial charge in [-0.15, -0.1) is 0 Å². The van der Waals surface area contributed by atoms with Gasteiger partial charge in [-0.05, 0) is 36.4 Å². The van der Waals surface area contributed by atoms with Gasteiger partial charge in [0.05, 0.1) is 22.3 Å². The highest BCUT2D eigenvalue weighted by atomic mass is 19.1.